The molecule has 0 aromatic carbocycles. The van der Waals surface area contributed by atoms with Gasteiger partial charge in [-0.1, -0.05) is 0 Å². The van der Waals surface area contributed by atoms with Crippen molar-refractivity contribution < 1.29 is 18.6 Å². The van der Waals surface area contributed by atoms with Crippen molar-refractivity contribution in [3.63, 3.8) is 0 Å². The van der Waals surface area contributed by atoms with Crippen molar-refractivity contribution in [1.82, 2.24) is 9.13 Å². The lowest BCUT2D eigenvalue weighted by atomic mass is 10.5. The first kappa shape index (κ1) is 12.1. The van der Waals surface area contributed by atoms with Crippen LogP contribution in [-0.2, 0) is 35.7 Å². The molecule has 0 spiro atoms. The Morgan fingerprint density at radius 2 is 1.30 bits per heavy atom. The molecule has 0 bridgehead atoms. The van der Waals surface area contributed by atoms with Crippen LogP contribution in [0.4, 0.5) is 0 Å². The summed E-state index contributed by atoms with van der Waals surface area (Å²) in [6, 6.07) is 0. The van der Waals surface area contributed by atoms with Gasteiger partial charge in [0.25, 0.3) is 0 Å². The number of rotatable bonds is 7. The summed E-state index contributed by atoms with van der Waals surface area (Å²) in [5.74, 6) is 0. The van der Waals surface area contributed by atoms with E-state index in [1.807, 2.05) is 0 Å². The van der Waals surface area contributed by atoms with Crippen molar-refractivity contribution in [2.24, 2.45) is 0 Å². The minimum absolute atomic E-state index is 0.434. The fraction of sp³-hybridized carbons (Fsp3) is 0.571. The van der Waals surface area contributed by atoms with Crippen molar-refractivity contribution in [2.45, 2.75) is 38.4 Å². The predicted octanol–water partition coefficient (Wildman–Crippen LogP) is -0.638. The van der Waals surface area contributed by atoms with Crippen LogP contribution in [0.5, 0.6) is 0 Å². The first-order valence-electron chi connectivity index (χ1n) is 7.18. The molecule has 2 saturated heterocycles. The molecule has 106 valence electrons. The summed E-state index contributed by atoms with van der Waals surface area (Å²) in [6.45, 7) is 5.72. The number of hydrogen-bond acceptors (Lipinski definition) is 2. The van der Waals surface area contributed by atoms with E-state index in [-0.39, 0.29) is 0 Å². The molecule has 0 radical (unpaired) electrons. The Bertz CT molecular complexity index is 531. The Hall–Kier alpha value is -1.66. The van der Waals surface area contributed by atoms with Crippen LogP contribution in [-0.4, -0.2) is 34.6 Å². The van der Waals surface area contributed by atoms with Crippen molar-refractivity contribution >= 4 is 0 Å². The SMILES string of the molecule is c1c[n+](CC2CO2)cn1CCn1cc[n+](CC2CO2)c1. The van der Waals surface area contributed by atoms with E-state index in [1.165, 1.54) is 0 Å². The van der Waals surface area contributed by atoms with E-state index in [2.05, 4.69) is 55.7 Å². The van der Waals surface area contributed by atoms with E-state index in [0.717, 1.165) is 39.4 Å². The maximum atomic E-state index is 5.24. The molecule has 2 atom stereocenters. The van der Waals surface area contributed by atoms with Gasteiger partial charge in [-0.05, 0) is 0 Å². The van der Waals surface area contributed by atoms with Gasteiger partial charge in [0.2, 0.25) is 12.7 Å². The fourth-order valence-electron chi connectivity index (χ4n) is 2.41. The molecule has 0 amide bonds. The van der Waals surface area contributed by atoms with Gasteiger partial charge in [-0.25, -0.2) is 18.3 Å². The number of aromatic nitrogens is 4. The maximum Gasteiger partial charge on any atom is 0.243 e. The second-order valence-electron chi connectivity index (χ2n) is 5.61. The van der Waals surface area contributed by atoms with Gasteiger partial charge in [-0.15, -0.1) is 0 Å². The van der Waals surface area contributed by atoms with Gasteiger partial charge in [0.15, 0.2) is 0 Å². The van der Waals surface area contributed by atoms with Gasteiger partial charge < -0.3 is 9.47 Å². The van der Waals surface area contributed by atoms with Crippen molar-refractivity contribution in [3.8, 4) is 0 Å². The lowest BCUT2D eigenvalue weighted by Crippen LogP contribution is -2.34. The first-order chi connectivity index (χ1) is 9.85. The lowest BCUT2D eigenvalue weighted by Gasteiger charge is -1.94. The lowest BCUT2D eigenvalue weighted by molar-refractivity contribution is -0.698. The van der Waals surface area contributed by atoms with Gasteiger partial charge in [0.1, 0.15) is 63.2 Å². The molecule has 2 aliphatic rings. The molecule has 2 fully saturated rings. The summed E-state index contributed by atoms with van der Waals surface area (Å²) in [7, 11) is 0. The highest BCUT2D eigenvalue weighted by Crippen LogP contribution is 2.08. The van der Waals surface area contributed by atoms with Crippen LogP contribution >= 0.6 is 0 Å². The fourth-order valence-corrected chi connectivity index (χ4v) is 2.41. The molecule has 2 aromatic heterocycles. The molecule has 0 saturated carbocycles. The molecule has 6 nitrogen and oxygen atoms in total. The summed E-state index contributed by atoms with van der Waals surface area (Å²) >= 11 is 0. The van der Waals surface area contributed by atoms with E-state index in [9.17, 15) is 0 Å². The zero-order chi connectivity index (χ0) is 13.4. The van der Waals surface area contributed by atoms with Crippen molar-refractivity contribution in [3.05, 3.63) is 37.4 Å². The summed E-state index contributed by atoms with van der Waals surface area (Å²) in [6.07, 6.45) is 13.6. The standard InChI is InChI=1S/C14H20N4O2/c1(15-3-5-17(11-15)7-13-9-19-13)2-16-4-6-18(12-16)8-14-10-20-14/h3-6,11-14H,1-2,7-10H2/q+2. The Kier molecular flexibility index (Phi) is 3.05. The molecule has 6 heteroatoms. The molecule has 4 rings (SSSR count). The monoisotopic (exact) mass is 276 g/mol. The van der Waals surface area contributed by atoms with Crippen LogP contribution in [0.15, 0.2) is 37.4 Å². The van der Waals surface area contributed by atoms with E-state index in [4.69, 9.17) is 9.47 Å². The summed E-state index contributed by atoms with van der Waals surface area (Å²) in [4.78, 5) is 0. The zero-order valence-electron chi connectivity index (χ0n) is 11.5. The Labute approximate surface area is 117 Å². The highest BCUT2D eigenvalue weighted by atomic mass is 16.6. The van der Waals surface area contributed by atoms with Crippen molar-refractivity contribution in [2.75, 3.05) is 13.2 Å². The number of nitrogens with zero attached hydrogens (tertiary/aromatic N) is 4. The molecule has 20 heavy (non-hydrogen) atoms. The number of aryl methyl sites for hydroxylation is 2. The number of imidazole rings is 2. The summed E-state index contributed by atoms with van der Waals surface area (Å²) in [5, 5.41) is 0. The minimum Gasteiger partial charge on any atom is -0.369 e. The second-order valence-corrected chi connectivity index (χ2v) is 5.61. The van der Waals surface area contributed by atoms with Crippen LogP contribution in [0.25, 0.3) is 0 Å². The maximum absolute atomic E-state index is 5.24. The van der Waals surface area contributed by atoms with E-state index >= 15 is 0 Å². The molecule has 2 aromatic rings. The third kappa shape index (κ3) is 3.08. The van der Waals surface area contributed by atoms with Crippen LogP contribution in [0, 0.1) is 0 Å². The van der Waals surface area contributed by atoms with Crippen LogP contribution in [0.2, 0.25) is 0 Å². The summed E-state index contributed by atoms with van der Waals surface area (Å²) < 4.78 is 19.3. The molecule has 4 heterocycles. The molecular formula is C14H20N4O2+2. The Balaban J connectivity index is 1.29. The third-order valence-electron chi connectivity index (χ3n) is 3.74. The van der Waals surface area contributed by atoms with E-state index in [1.54, 1.807) is 0 Å². The normalized spacial score (nSPS) is 24.0. The van der Waals surface area contributed by atoms with Crippen LogP contribution < -0.4 is 9.13 Å². The molecule has 0 aliphatic carbocycles. The molecule has 2 unspecified atom stereocenters. The smallest absolute Gasteiger partial charge is 0.243 e. The average Bonchev–Trinajstić information content (AvgIpc) is 3.32. The van der Waals surface area contributed by atoms with Gasteiger partial charge in [-0.2, -0.15) is 0 Å². The van der Waals surface area contributed by atoms with Gasteiger partial charge in [0, 0.05) is 0 Å². The van der Waals surface area contributed by atoms with E-state index in [0.29, 0.717) is 12.2 Å². The zero-order valence-corrected chi connectivity index (χ0v) is 11.5. The topological polar surface area (TPSA) is 42.7 Å². The quantitative estimate of drug-likeness (QED) is 0.499. The Morgan fingerprint density at radius 3 is 1.70 bits per heavy atom. The van der Waals surface area contributed by atoms with Gasteiger partial charge >= 0.3 is 0 Å². The minimum atomic E-state index is 0.434. The van der Waals surface area contributed by atoms with Crippen LogP contribution in [0.1, 0.15) is 0 Å². The Morgan fingerprint density at radius 1 is 0.850 bits per heavy atom. The highest BCUT2D eigenvalue weighted by Gasteiger charge is 2.26. The highest BCUT2D eigenvalue weighted by molar-refractivity contribution is 4.72. The first-order valence-corrected chi connectivity index (χ1v) is 7.18. The largest absolute Gasteiger partial charge is 0.369 e. The number of hydrogen-bond donors (Lipinski definition) is 0. The average molecular weight is 276 g/mol. The van der Waals surface area contributed by atoms with E-state index < -0.39 is 0 Å². The molecule has 2 aliphatic heterocycles. The third-order valence-corrected chi connectivity index (χ3v) is 3.74. The molecule has 0 N–H and O–H groups in total. The molecular weight excluding hydrogens is 256 g/mol. The number of epoxide rings is 2. The summed E-state index contributed by atoms with van der Waals surface area (Å²) in [5.41, 5.74) is 0. The van der Waals surface area contributed by atoms with Gasteiger partial charge in [0.05, 0.1) is 13.2 Å². The van der Waals surface area contributed by atoms with Crippen molar-refractivity contribution in [1.29, 1.82) is 0 Å². The van der Waals surface area contributed by atoms with Crippen LogP contribution in [0.3, 0.4) is 0 Å². The second kappa shape index (κ2) is 5.03. The predicted molar refractivity (Wildman–Crippen MR) is 68.7 cm³/mol. The number of ether oxygens (including phenoxy) is 2. The van der Waals surface area contributed by atoms with Gasteiger partial charge in [-0.3, -0.25) is 0 Å².